The van der Waals surface area contributed by atoms with Crippen molar-refractivity contribution in [3.63, 3.8) is 0 Å². The van der Waals surface area contributed by atoms with Crippen LogP contribution in [0.1, 0.15) is 38.5 Å². The van der Waals surface area contributed by atoms with E-state index < -0.39 is 0 Å². The maximum atomic E-state index is 11.5. The number of carbonyl (C=O) groups is 1. The van der Waals surface area contributed by atoms with Gasteiger partial charge in [0.25, 0.3) is 0 Å². The van der Waals surface area contributed by atoms with Crippen molar-refractivity contribution < 1.29 is 4.79 Å². The molecule has 0 spiro atoms. The zero-order valence-electron chi connectivity index (χ0n) is 9.11. The van der Waals surface area contributed by atoms with Gasteiger partial charge in [-0.1, -0.05) is 25.7 Å². The van der Waals surface area contributed by atoms with E-state index in [0.29, 0.717) is 13.0 Å². The van der Waals surface area contributed by atoms with Gasteiger partial charge in [0.2, 0.25) is 5.91 Å². The summed E-state index contributed by atoms with van der Waals surface area (Å²) in [6.45, 7) is 1.55. The fraction of sp³-hybridized carbons (Fsp3) is 0.833. The van der Waals surface area contributed by atoms with E-state index in [1.54, 1.807) is 0 Å². The normalized spacial score (nSPS) is 27.3. The average molecular weight is 206 g/mol. The number of carbonyl (C=O) groups excluding carboxylic acids is 1. The van der Waals surface area contributed by atoms with Crippen LogP contribution < -0.4 is 0 Å². The summed E-state index contributed by atoms with van der Waals surface area (Å²) in [6, 6.07) is 2.19. The van der Waals surface area contributed by atoms with Crippen LogP contribution in [-0.4, -0.2) is 23.9 Å². The molecule has 1 amide bonds. The van der Waals surface area contributed by atoms with Crippen LogP contribution in [0.5, 0.6) is 0 Å². The standard InChI is InChI=1S/C12H18N2O/c13-8-11-7-12(15)14(9-11)6-5-10-3-1-2-4-10/h10-11H,1-7,9H2. The molecule has 1 aliphatic carbocycles. The van der Waals surface area contributed by atoms with E-state index in [1.165, 1.54) is 25.7 Å². The number of hydrogen-bond acceptors (Lipinski definition) is 2. The highest BCUT2D eigenvalue weighted by molar-refractivity contribution is 5.79. The first kappa shape index (κ1) is 10.5. The Hall–Kier alpha value is -1.04. The summed E-state index contributed by atoms with van der Waals surface area (Å²) in [7, 11) is 0. The Balaban J connectivity index is 1.75. The second-order valence-corrected chi connectivity index (χ2v) is 4.81. The monoisotopic (exact) mass is 206 g/mol. The van der Waals surface area contributed by atoms with E-state index in [4.69, 9.17) is 5.26 Å². The van der Waals surface area contributed by atoms with Gasteiger partial charge in [-0.3, -0.25) is 4.79 Å². The van der Waals surface area contributed by atoms with Crippen molar-refractivity contribution in [2.75, 3.05) is 13.1 Å². The van der Waals surface area contributed by atoms with Gasteiger partial charge in [-0.05, 0) is 12.3 Å². The van der Waals surface area contributed by atoms with Gasteiger partial charge < -0.3 is 4.90 Å². The first-order chi connectivity index (χ1) is 7.29. The molecule has 3 nitrogen and oxygen atoms in total. The number of hydrogen-bond donors (Lipinski definition) is 0. The van der Waals surface area contributed by atoms with Crippen molar-refractivity contribution in [3.8, 4) is 6.07 Å². The summed E-state index contributed by atoms with van der Waals surface area (Å²) in [6.07, 6.45) is 6.98. The van der Waals surface area contributed by atoms with Crippen molar-refractivity contribution in [1.29, 1.82) is 5.26 Å². The zero-order valence-corrected chi connectivity index (χ0v) is 9.11. The van der Waals surface area contributed by atoms with E-state index in [2.05, 4.69) is 6.07 Å². The minimum atomic E-state index is -0.0546. The summed E-state index contributed by atoms with van der Waals surface area (Å²) >= 11 is 0. The molecule has 0 radical (unpaired) electrons. The molecule has 1 saturated carbocycles. The van der Waals surface area contributed by atoms with Gasteiger partial charge in [0.05, 0.1) is 12.0 Å². The Labute approximate surface area is 91.1 Å². The first-order valence-electron chi connectivity index (χ1n) is 5.97. The van der Waals surface area contributed by atoms with Crippen LogP contribution in [-0.2, 0) is 4.79 Å². The van der Waals surface area contributed by atoms with Crippen molar-refractivity contribution in [3.05, 3.63) is 0 Å². The van der Waals surface area contributed by atoms with Crippen LogP contribution in [0.25, 0.3) is 0 Å². The Morgan fingerprint density at radius 2 is 2.13 bits per heavy atom. The quantitative estimate of drug-likeness (QED) is 0.708. The minimum Gasteiger partial charge on any atom is -0.341 e. The second-order valence-electron chi connectivity index (χ2n) is 4.81. The lowest BCUT2D eigenvalue weighted by molar-refractivity contribution is -0.127. The van der Waals surface area contributed by atoms with Gasteiger partial charge in [0.1, 0.15) is 0 Å². The van der Waals surface area contributed by atoms with Crippen LogP contribution in [0.15, 0.2) is 0 Å². The molecule has 0 N–H and O–H groups in total. The van der Waals surface area contributed by atoms with Gasteiger partial charge >= 0.3 is 0 Å². The molecule has 2 fully saturated rings. The molecule has 1 atom stereocenters. The Morgan fingerprint density at radius 3 is 2.73 bits per heavy atom. The summed E-state index contributed by atoms with van der Waals surface area (Å²) in [5, 5.41) is 8.75. The molecule has 2 rings (SSSR count). The highest BCUT2D eigenvalue weighted by atomic mass is 16.2. The molecule has 1 unspecified atom stereocenters. The molecular formula is C12H18N2O. The molecule has 1 aliphatic heterocycles. The summed E-state index contributed by atoms with van der Waals surface area (Å²) in [5.41, 5.74) is 0. The molecular weight excluding hydrogens is 188 g/mol. The van der Waals surface area contributed by atoms with E-state index in [-0.39, 0.29) is 11.8 Å². The Bertz CT molecular complexity index is 276. The Kier molecular flexibility index (Phi) is 3.25. The van der Waals surface area contributed by atoms with Gasteiger partial charge in [-0.2, -0.15) is 5.26 Å². The molecule has 0 aromatic carbocycles. The topological polar surface area (TPSA) is 44.1 Å². The van der Waals surface area contributed by atoms with Crippen molar-refractivity contribution in [1.82, 2.24) is 4.90 Å². The van der Waals surface area contributed by atoms with Crippen LogP contribution in [0, 0.1) is 23.2 Å². The van der Waals surface area contributed by atoms with Crippen molar-refractivity contribution >= 4 is 5.91 Å². The lowest BCUT2D eigenvalue weighted by atomic mass is 10.0. The van der Waals surface area contributed by atoms with Crippen LogP contribution in [0.2, 0.25) is 0 Å². The van der Waals surface area contributed by atoms with Gasteiger partial charge in [-0.25, -0.2) is 0 Å². The number of nitrogens with zero attached hydrogens (tertiary/aromatic N) is 2. The fourth-order valence-corrected chi connectivity index (χ4v) is 2.71. The van der Waals surface area contributed by atoms with Crippen LogP contribution in [0.3, 0.4) is 0 Å². The third kappa shape index (κ3) is 2.50. The van der Waals surface area contributed by atoms with Crippen LogP contribution in [0.4, 0.5) is 0 Å². The fourth-order valence-electron chi connectivity index (χ4n) is 2.71. The smallest absolute Gasteiger partial charge is 0.224 e. The van der Waals surface area contributed by atoms with Crippen LogP contribution >= 0.6 is 0 Å². The molecule has 82 valence electrons. The van der Waals surface area contributed by atoms with Gasteiger partial charge in [0.15, 0.2) is 0 Å². The first-order valence-corrected chi connectivity index (χ1v) is 5.97. The zero-order chi connectivity index (χ0) is 10.7. The largest absolute Gasteiger partial charge is 0.341 e. The predicted octanol–water partition coefficient (Wildman–Crippen LogP) is 1.94. The third-order valence-electron chi connectivity index (χ3n) is 3.68. The molecule has 3 heteroatoms. The lowest BCUT2D eigenvalue weighted by Crippen LogP contribution is -2.27. The maximum absolute atomic E-state index is 11.5. The molecule has 0 aromatic heterocycles. The van der Waals surface area contributed by atoms with Crippen molar-refractivity contribution in [2.24, 2.45) is 11.8 Å². The third-order valence-corrected chi connectivity index (χ3v) is 3.68. The highest BCUT2D eigenvalue weighted by Gasteiger charge is 2.29. The summed E-state index contributed by atoms with van der Waals surface area (Å²) < 4.78 is 0. The maximum Gasteiger partial charge on any atom is 0.224 e. The number of amides is 1. The van der Waals surface area contributed by atoms with Gasteiger partial charge in [0, 0.05) is 19.5 Å². The van der Waals surface area contributed by atoms with E-state index in [1.807, 2.05) is 4.90 Å². The minimum absolute atomic E-state index is 0.0546. The number of rotatable bonds is 3. The summed E-state index contributed by atoms with van der Waals surface area (Å²) in [5.74, 6) is 0.958. The lowest BCUT2D eigenvalue weighted by Gasteiger charge is -2.18. The number of likely N-dealkylation sites (tertiary alicyclic amines) is 1. The van der Waals surface area contributed by atoms with Gasteiger partial charge in [-0.15, -0.1) is 0 Å². The summed E-state index contributed by atoms with van der Waals surface area (Å²) in [4.78, 5) is 13.4. The van der Waals surface area contributed by atoms with E-state index in [0.717, 1.165) is 18.9 Å². The molecule has 1 heterocycles. The molecule has 0 aromatic rings. The molecule has 2 aliphatic rings. The predicted molar refractivity (Wildman–Crippen MR) is 56.9 cm³/mol. The molecule has 1 saturated heterocycles. The number of nitriles is 1. The van der Waals surface area contributed by atoms with E-state index >= 15 is 0 Å². The second kappa shape index (κ2) is 4.65. The average Bonchev–Trinajstić information content (AvgIpc) is 2.84. The SMILES string of the molecule is N#CC1CC(=O)N(CCC2CCCC2)C1. The van der Waals surface area contributed by atoms with E-state index in [9.17, 15) is 4.79 Å². The molecule has 0 bridgehead atoms. The highest BCUT2D eigenvalue weighted by Crippen LogP contribution is 2.28. The molecule has 15 heavy (non-hydrogen) atoms. The van der Waals surface area contributed by atoms with Crippen molar-refractivity contribution in [2.45, 2.75) is 38.5 Å². The Morgan fingerprint density at radius 1 is 1.40 bits per heavy atom.